The molecule has 3 unspecified atom stereocenters. The minimum Gasteiger partial charge on any atom is -0.444 e. The third kappa shape index (κ3) is 4.93. The van der Waals surface area contributed by atoms with Crippen molar-refractivity contribution in [2.24, 2.45) is 17.8 Å². The first-order chi connectivity index (χ1) is 10.7. The van der Waals surface area contributed by atoms with E-state index in [1.54, 1.807) is 4.90 Å². The van der Waals surface area contributed by atoms with Crippen LogP contribution in [0.2, 0.25) is 0 Å². The largest absolute Gasteiger partial charge is 0.444 e. The molecular weight excluding hydrogens is 294 g/mol. The van der Waals surface area contributed by atoms with E-state index in [2.05, 4.69) is 13.8 Å². The van der Waals surface area contributed by atoms with Crippen LogP contribution in [0.5, 0.6) is 0 Å². The lowest BCUT2D eigenvalue weighted by Gasteiger charge is -2.39. The summed E-state index contributed by atoms with van der Waals surface area (Å²) in [5.74, 6) is 1.30. The van der Waals surface area contributed by atoms with Crippen LogP contribution in [0.15, 0.2) is 0 Å². The smallest absolute Gasteiger partial charge is 0.411 e. The summed E-state index contributed by atoms with van der Waals surface area (Å²) < 4.78 is 11.0. The topological polar surface area (TPSA) is 55.8 Å². The van der Waals surface area contributed by atoms with E-state index in [9.17, 15) is 9.59 Å². The lowest BCUT2D eigenvalue weighted by Crippen LogP contribution is -2.55. The fourth-order valence-electron chi connectivity index (χ4n) is 3.83. The molecule has 2 aliphatic rings. The average Bonchev–Trinajstić information content (AvgIpc) is 2.43. The first-order valence-corrected chi connectivity index (χ1v) is 8.78. The molecule has 0 spiro atoms. The Kier molecular flexibility index (Phi) is 5.71. The van der Waals surface area contributed by atoms with Gasteiger partial charge >= 0.3 is 6.09 Å². The Morgan fingerprint density at radius 1 is 1.09 bits per heavy atom. The van der Waals surface area contributed by atoms with Crippen molar-refractivity contribution in [1.29, 1.82) is 0 Å². The lowest BCUT2D eigenvalue weighted by atomic mass is 9.74. The van der Waals surface area contributed by atoms with Gasteiger partial charge in [0.25, 0.3) is 0 Å². The maximum absolute atomic E-state index is 13.0. The second kappa shape index (κ2) is 7.20. The van der Waals surface area contributed by atoms with E-state index in [0.717, 1.165) is 12.8 Å². The summed E-state index contributed by atoms with van der Waals surface area (Å²) in [6.07, 6.45) is 2.61. The number of Topliss-reactive ketones (excluding diaryl/α,β-unsaturated/α-hetero) is 1. The molecule has 5 nitrogen and oxygen atoms in total. The number of nitrogens with zero attached hydrogens (tertiary/aromatic N) is 1. The van der Waals surface area contributed by atoms with Gasteiger partial charge in [-0.3, -0.25) is 9.69 Å². The molecule has 2 fully saturated rings. The number of hydrogen-bond acceptors (Lipinski definition) is 4. The van der Waals surface area contributed by atoms with E-state index in [1.807, 2.05) is 20.8 Å². The number of ketones is 1. The Balaban J connectivity index is 2.08. The van der Waals surface area contributed by atoms with Crippen LogP contribution in [0, 0.1) is 17.8 Å². The fraction of sp³-hybridized carbons (Fsp3) is 0.889. The summed E-state index contributed by atoms with van der Waals surface area (Å²) in [6.45, 7) is 11.1. The minimum absolute atomic E-state index is 0.0328. The van der Waals surface area contributed by atoms with Crippen LogP contribution in [0.3, 0.4) is 0 Å². The van der Waals surface area contributed by atoms with Crippen molar-refractivity contribution in [2.75, 3.05) is 19.8 Å². The SMILES string of the molecule is CC1CC(C)CC(C(=O)C2COCCN2C(=O)OC(C)(C)C)C1. The van der Waals surface area contributed by atoms with Crippen LogP contribution in [-0.2, 0) is 14.3 Å². The quantitative estimate of drug-likeness (QED) is 0.782. The van der Waals surface area contributed by atoms with Gasteiger partial charge in [-0.25, -0.2) is 4.79 Å². The Hall–Kier alpha value is -1.10. The summed E-state index contributed by atoms with van der Waals surface area (Å²) in [6, 6.07) is -0.499. The molecule has 0 aromatic heterocycles. The predicted molar refractivity (Wildman–Crippen MR) is 88.2 cm³/mol. The average molecular weight is 325 g/mol. The van der Waals surface area contributed by atoms with E-state index in [4.69, 9.17) is 9.47 Å². The number of morpholine rings is 1. The maximum atomic E-state index is 13.0. The molecule has 1 saturated carbocycles. The van der Waals surface area contributed by atoms with E-state index < -0.39 is 17.7 Å². The second-order valence-electron chi connectivity index (χ2n) is 8.28. The Bertz CT molecular complexity index is 433. The number of carbonyl (C=O) groups is 2. The molecule has 0 radical (unpaired) electrons. The van der Waals surface area contributed by atoms with Crippen molar-refractivity contribution in [3.63, 3.8) is 0 Å². The van der Waals surface area contributed by atoms with Crippen LogP contribution >= 0.6 is 0 Å². The van der Waals surface area contributed by atoms with Crippen molar-refractivity contribution in [3.8, 4) is 0 Å². The molecule has 1 saturated heterocycles. The first-order valence-electron chi connectivity index (χ1n) is 8.78. The van der Waals surface area contributed by atoms with Gasteiger partial charge in [-0.2, -0.15) is 0 Å². The van der Waals surface area contributed by atoms with Gasteiger partial charge in [0.05, 0.1) is 13.2 Å². The van der Waals surface area contributed by atoms with Gasteiger partial charge in [0.1, 0.15) is 11.6 Å². The zero-order valence-corrected chi connectivity index (χ0v) is 15.1. The van der Waals surface area contributed by atoms with Crippen LogP contribution in [0.1, 0.15) is 53.9 Å². The minimum atomic E-state index is -0.559. The molecule has 3 atom stereocenters. The lowest BCUT2D eigenvalue weighted by molar-refractivity contribution is -0.136. The Labute approximate surface area is 139 Å². The Morgan fingerprint density at radius 3 is 2.26 bits per heavy atom. The standard InChI is InChI=1S/C18H31NO4/c1-12-8-13(2)10-14(9-12)16(20)15-11-22-7-6-19(15)17(21)23-18(3,4)5/h12-15H,6-11H2,1-5H3. The molecular formula is C18H31NO4. The molecule has 2 rings (SSSR count). The molecule has 0 bridgehead atoms. The second-order valence-corrected chi connectivity index (χ2v) is 8.28. The number of rotatable bonds is 2. The van der Waals surface area contributed by atoms with E-state index in [-0.39, 0.29) is 18.3 Å². The third-order valence-corrected chi connectivity index (χ3v) is 4.67. The summed E-state index contributed by atoms with van der Waals surface area (Å²) in [5.41, 5.74) is -0.559. The number of amides is 1. The first kappa shape index (κ1) is 18.2. The van der Waals surface area contributed by atoms with Gasteiger partial charge in [0.2, 0.25) is 0 Å². The summed E-state index contributed by atoms with van der Waals surface area (Å²) >= 11 is 0. The van der Waals surface area contributed by atoms with Crippen LogP contribution in [-0.4, -0.2) is 48.2 Å². The van der Waals surface area contributed by atoms with Gasteiger partial charge in [-0.1, -0.05) is 13.8 Å². The zero-order valence-electron chi connectivity index (χ0n) is 15.1. The molecule has 0 N–H and O–H groups in total. The number of ether oxygens (including phenoxy) is 2. The van der Waals surface area contributed by atoms with Gasteiger partial charge in [-0.15, -0.1) is 0 Å². The summed E-state index contributed by atoms with van der Waals surface area (Å²) in [7, 11) is 0. The molecule has 1 amide bonds. The van der Waals surface area contributed by atoms with Gasteiger partial charge < -0.3 is 9.47 Å². The third-order valence-electron chi connectivity index (χ3n) is 4.67. The molecule has 23 heavy (non-hydrogen) atoms. The number of hydrogen-bond donors (Lipinski definition) is 0. The van der Waals surface area contributed by atoms with Crippen molar-refractivity contribution in [3.05, 3.63) is 0 Å². The normalized spacial score (nSPS) is 32.5. The van der Waals surface area contributed by atoms with Crippen LogP contribution in [0.25, 0.3) is 0 Å². The van der Waals surface area contributed by atoms with Crippen molar-refractivity contribution in [2.45, 2.75) is 65.5 Å². The summed E-state index contributed by atoms with van der Waals surface area (Å²) in [4.78, 5) is 27.0. The monoisotopic (exact) mass is 325 g/mol. The highest BCUT2D eigenvalue weighted by molar-refractivity contribution is 5.89. The highest BCUT2D eigenvalue weighted by Gasteiger charge is 2.40. The molecule has 0 aromatic carbocycles. The van der Waals surface area contributed by atoms with Crippen LogP contribution < -0.4 is 0 Å². The molecule has 5 heteroatoms. The number of carbonyl (C=O) groups excluding carboxylic acids is 2. The van der Waals surface area contributed by atoms with E-state index in [0.29, 0.717) is 25.0 Å². The van der Waals surface area contributed by atoms with Crippen molar-refractivity contribution >= 4 is 11.9 Å². The molecule has 1 heterocycles. The van der Waals surface area contributed by atoms with E-state index >= 15 is 0 Å². The van der Waals surface area contributed by atoms with Crippen LogP contribution in [0.4, 0.5) is 4.79 Å². The van der Waals surface area contributed by atoms with E-state index in [1.165, 1.54) is 6.42 Å². The van der Waals surface area contributed by atoms with Gasteiger partial charge in [-0.05, 0) is 51.9 Å². The van der Waals surface area contributed by atoms with Crippen molar-refractivity contribution < 1.29 is 19.1 Å². The fourth-order valence-corrected chi connectivity index (χ4v) is 3.83. The maximum Gasteiger partial charge on any atom is 0.411 e. The van der Waals surface area contributed by atoms with Gasteiger partial charge in [0, 0.05) is 12.5 Å². The van der Waals surface area contributed by atoms with Crippen molar-refractivity contribution in [1.82, 2.24) is 4.90 Å². The molecule has 1 aliphatic carbocycles. The predicted octanol–water partition coefficient (Wildman–Crippen LogP) is 3.26. The molecule has 132 valence electrons. The highest BCUT2D eigenvalue weighted by Crippen LogP contribution is 2.34. The highest BCUT2D eigenvalue weighted by atomic mass is 16.6. The zero-order chi connectivity index (χ0) is 17.2. The molecule has 0 aromatic rings. The van der Waals surface area contributed by atoms with Gasteiger partial charge in [0.15, 0.2) is 5.78 Å². The molecule has 1 aliphatic heterocycles. The Morgan fingerprint density at radius 2 is 1.70 bits per heavy atom. The summed E-state index contributed by atoms with van der Waals surface area (Å²) in [5, 5.41) is 0.